The van der Waals surface area contributed by atoms with Crippen molar-refractivity contribution in [1.82, 2.24) is 5.32 Å². The number of primary amides is 1. The van der Waals surface area contributed by atoms with Gasteiger partial charge in [-0.15, -0.1) is 0 Å². The standard InChI is InChI=1S/C25H42N2O/c1-16(7-8-20(26)28)17-10-14-25-21-18(9-13-24(17,25)4)23(3)12-6-5-11-22(23,2)15-19(21)27-25/h16-19,21,27H,5-15H2,1-4H3,(H2,26,28)/t16-,17-,18+,19+,21+,22+,23-,24-,25-/m1/s1. The minimum Gasteiger partial charge on any atom is -0.370 e. The number of nitrogens with two attached hydrogens (primary N) is 1. The number of fused-ring (bicyclic) bond motifs is 2. The van der Waals surface area contributed by atoms with Gasteiger partial charge in [-0.2, -0.15) is 0 Å². The molecule has 28 heavy (non-hydrogen) atoms. The van der Waals surface area contributed by atoms with E-state index in [1.54, 1.807) is 0 Å². The van der Waals surface area contributed by atoms with E-state index in [0.717, 1.165) is 30.2 Å². The quantitative estimate of drug-likeness (QED) is 0.712. The summed E-state index contributed by atoms with van der Waals surface area (Å²) in [5.41, 5.74) is 7.35. The Hall–Kier alpha value is -0.570. The van der Waals surface area contributed by atoms with Gasteiger partial charge in [0, 0.05) is 18.0 Å². The second kappa shape index (κ2) is 5.99. The molecule has 9 atom stereocenters. The summed E-state index contributed by atoms with van der Waals surface area (Å²) >= 11 is 0. The maximum atomic E-state index is 11.3. The van der Waals surface area contributed by atoms with Gasteiger partial charge in [-0.25, -0.2) is 0 Å². The maximum Gasteiger partial charge on any atom is 0.217 e. The van der Waals surface area contributed by atoms with Gasteiger partial charge in [0.15, 0.2) is 0 Å². The predicted molar refractivity (Wildman–Crippen MR) is 114 cm³/mol. The first-order chi connectivity index (χ1) is 13.2. The molecule has 0 unspecified atom stereocenters. The highest BCUT2D eigenvalue weighted by Gasteiger charge is 2.76. The minimum atomic E-state index is -0.132. The van der Waals surface area contributed by atoms with E-state index in [2.05, 4.69) is 33.0 Å². The lowest BCUT2D eigenvalue weighted by atomic mass is 9.35. The Bertz CT molecular complexity index is 677. The Morgan fingerprint density at radius 3 is 2.57 bits per heavy atom. The highest BCUT2D eigenvalue weighted by molar-refractivity contribution is 5.73. The molecule has 1 aliphatic heterocycles. The number of carbonyl (C=O) groups is 1. The molecular formula is C25H42N2O. The van der Waals surface area contributed by atoms with Gasteiger partial charge in [-0.3, -0.25) is 4.79 Å². The van der Waals surface area contributed by atoms with E-state index in [9.17, 15) is 4.79 Å². The Balaban J connectivity index is 1.44. The Morgan fingerprint density at radius 1 is 1.07 bits per heavy atom. The number of nitrogens with one attached hydrogen (secondary N) is 1. The smallest absolute Gasteiger partial charge is 0.217 e. The molecule has 0 radical (unpaired) electrons. The third-order valence-electron chi connectivity index (χ3n) is 11.6. The lowest BCUT2D eigenvalue weighted by molar-refractivity contribution is -0.234. The van der Waals surface area contributed by atoms with Crippen LogP contribution < -0.4 is 11.1 Å². The molecule has 1 spiro atoms. The van der Waals surface area contributed by atoms with E-state index in [1.165, 1.54) is 57.8 Å². The van der Waals surface area contributed by atoms with E-state index in [0.29, 0.717) is 34.1 Å². The molecule has 158 valence electrons. The van der Waals surface area contributed by atoms with Crippen molar-refractivity contribution in [3.8, 4) is 0 Å². The van der Waals surface area contributed by atoms with Crippen molar-refractivity contribution in [3.63, 3.8) is 0 Å². The normalized spacial score (nSPS) is 55.4. The molecule has 3 N–H and O–H groups in total. The molecule has 0 aromatic rings. The van der Waals surface area contributed by atoms with Crippen LogP contribution in [0.1, 0.15) is 98.3 Å². The molecule has 4 saturated carbocycles. The van der Waals surface area contributed by atoms with Crippen molar-refractivity contribution in [2.45, 2.75) is 110 Å². The van der Waals surface area contributed by atoms with Crippen LogP contribution in [0.25, 0.3) is 0 Å². The summed E-state index contributed by atoms with van der Waals surface area (Å²) in [6, 6.07) is 0.764. The third-order valence-corrected chi connectivity index (χ3v) is 11.6. The molecule has 3 heteroatoms. The number of carbonyl (C=O) groups excluding carboxylic acids is 1. The van der Waals surface area contributed by atoms with Crippen molar-refractivity contribution in [3.05, 3.63) is 0 Å². The molecule has 4 aliphatic carbocycles. The van der Waals surface area contributed by atoms with Crippen LogP contribution in [-0.4, -0.2) is 17.5 Å². The van der Waals surface area contributed by atoms with Gasteiger partial charge in [-0.05, 0) is 91.3 Å². The van der Waals surface area contributed by atoms with E-state index in [4.69, 9.17) is 5.73 Å². The van der Waals surface area contributed by atoms with Gasteiger partial charge in [0.2, 0.25) is 5.91 Å². The van der Waals surface area contributed by atoms with Gasteiger partial charge < -0.3 is 11.1 Å². The van der Waals surface area contributed by atoms with Gasteiger partial charge in [0.05, 0.1) is 0 Å². The van der Waals surface area contributed by atoms with Crippen molar-refractivity contribution < 1.29 is 4.79 Å². The van der Waals surface area contributed by atoms with Gasteiger partial charge >= 0.3 is 0 Å². The van der Waals surface area contributed by atoms with E-state index >= 15 is 0 Å². The zero-order valence-electron chi connectivity index (χ0n) is 18.7. The number of hydrogen-bond donors (Lipinski definition) is 2. The topological polar surface area (TPSA) is 55.1 Å². The van der Waals surface area contributed by atoms with Crippen LogP contribution in [0.5, 0.6) is 0 Å². The van der Waals surface area contributed by atoms with Crippen LogP contribution >= 0.6 is 0 Å². The van der Waals surface area contributed by atoms with Crippen LogP contribution in [0.2, 0.25) is 0 Å². The fourth-order valence-corrected chi connectivity index (χ4v) is 9.96. The van der Waals surface area contributed by atoms with Crippen LogP contribution in [0.3, 0.4) is 0 Å². The lowest BCUT2D eigenvalue weighted by Crippen LogP contribution is -2.83. The lowest BCUT2D eigenvalue weighted by Gasteiger charge is -2.76. The van der Waals surface area contributed by atoms with Crippen LogP contribution in [-0.2, 0) is 4.79 Å². The van der Waals surface area contributed by atoms with Crippen molar-refractivity contribution >= 4 is 5.91 Å². The van der Waals surface area contributed by atoms with E-state index < -0.39 is 0 Å². The average Bonchev–Trinajstić information content (AvgIpc) is 2.94. The van der Waals surface area contributed by atoms with Crippen LogP contribution in [0.15, 0.2) is 0 Å². The molecular weight excluding hydrogens is 344 g/mol. The van der Waals surface area contributed by atoms with Gasteiger partial charge in [0.25, 0.3) is 0 Å². The molecule has 1 saturated heterocycles. The summed E-state index contributed by atoms with van der Waals surface area (Å²) in [6.45, 7) is 10.3. The number of rotatable bonds is 4. The van der Waals surface area contributed by atoms with Crippen LogP contribution in [0, 0.1) is 39.9 Å². The summed E-state index contributed by atoms with van der Waals surface area (Å²) in [7, 11) is 0. The molecule has 5 aliphatic rings. The molecule has 0 bridgehead atoms. The molecule has 0 aromatic carbocycles. The summed E-state index contributed by atoms with van der Waals surface area (Å²) in [4.78, 5) is 11.3. The number of amides is 1. The summed E-state index contributed by atoms with van der Waals surface area (Å²) < 4.78 is 0. The molecule has 5 rings (SSSR count). The monoisotopic (exact) mass is 386 g/mol. The average molecular weight is 387 g/mol. The first kappa shape index (κ1) is 19.4. The Morgan fingerprint density at radius 2 is 1.82 bits per heavy atom. The number of hydrogen-bond acceptors (Lipinski definition) is 2. The fraction of sp³-hybridized carbons (Fsp3) is 0.960. The van der Waals surface area contributed by atoms with Crippen molar-refractivity contribution in [1.29, 1.82) is 0 Å². The second-order valence-corrected chi connectivity index (χ2v) is 12.3. The van der Waals surface area contributed by atoms with E-state index in [1.807, 2.05) is 0 Å². The molecule has 1 amide bonds. The fourth-order valence-electron chi connectivity index (χ4n) is 9.96. The maximum absolute atomic E-state index is 11.3. The zero-order valence-corrected chi connectivity index (χ0v) is 18.7. The summed E-state index contributed by atoms with van der Waals surface area (Å²) in [5.74, 6) is 3.04. The minimum absolute atomic E-state index is 0.132. The summed E-state index contributed by atoms with van der Waals surface area (Å²) in [5, 5.41) is 4.26. The third kappa shape index (κ3) is 2.18. The first-order valence-electron chi connectivity index (χ1n) is 12.2. The molecule has 3 nitrogen and oxygen atoms in total. The molecule has 5 fully saturated rings. The summed E-state index contributed by atoms with van der Waals surface area (Å²) in [6.07, 6.45) is 14.3. The Labute approximate surface area is 172 Å². The van der Waals surface area contributed by atoms with Crippen molar-refractivity contribution in [2.24, 2.45) is 45.7 Å². The second-order valence-electron chi connectivity index (χ2n) is 12.3. The van der Waals surface area contributed by atoms with E-state index in [-0.39, 0.29) is 5.91 Å². The Kier molecular flexibility index (Phi) is 4.15. The van der Waals surface area contributed by atoms with Gasteiger partial charge in [0.1, 0.15) is 0 Å². The zero-order chi connectivity index (χ0) is 19.9. The molecule has 1 heterocycles. The van der Waals surface area contributed by atoms with Crippen LogP contribution in [0.4, 0.5) is 0 Å². The van der Waals surface area contributed by atoms with Crippen molar-refractivity contribution in [2.75, 3.05) is 0 Å². The predicted octanol–water partition coefficient (Wildman–Crippen LogP) is 5.03. The SMILES string of the molecule is C[C@H](CCC(N)=O)[C@H]1CC[C@]23N[C@H]4C[C@]5(C)CCCC[C@]5(C)[C@@H](CC[C@]12C)[C@@H]43. The highest BCUT2D eigenvalue weighted by atomic mass is 16.1. The largest absolute Gasteiger partial charge is 0.370 e. The van der Waals surface area contributed by atoms with Gasteiger partial charge in [-0.1, -0.05) is 40.5 Å². The molecule has 0 aromatic heterocycles. The first-order valence-corrected chi connectivity index (χ1v) is 12.2. The highest BCUT2D eigenvalue weighted by Crippen LogP contribution is 2.75.